The SMILES string of the molecule is CCCOCCN1CCOCC1C(=O)OC. The van der Waals surface area contributed by atoms with E-state index < -0.39 is 0 Å². The molecule has 0 spiro atoms. The van der Waals surface area contributed by atoms with Gasteiger partial charge in [0.1, 0.15) is 6.04 Å². The Bertz CT molecular complexity index is 210. The number of nitrogens with zero attached hydrogens (tertiary/aromatic N) is 1. The smallest absolute Gasteiger partial charge is 0.325 e. The van der Waals surface area contributed by atoms with Crippen LogP contribution in [0.4, 0.5) is 0 Å². The Kier molecular flexibility index (Phi) is 6.37. The van der Waals surface area contributed by atoms with Crippen LogP contribution in [0, 0.1) is 0 Å². The van der Waals surface area contributed by atoms with Crippen LogP contribution >= 0.6 is 0 Å². The Labute approximate surface area is 96.6 Å². The van der Waals surface area contributed by atoms with Gasteiger partial charge in [-0.25, -0.2) is 0 Å². The molecule has 0 N–H and O–H groups in total. The molecule has 0 bridgehead atoms. The average Bonchev–Trinajstić information content (AvgIpc) is 2.34. The largest absolute Gasteiger partial charge is 0.468 e. The minimum Gasteiger partial charge on any atom is -0.468 e. The molecule has 1 unspecified atom stereocenters. The fourth-order valence-corrected chi connectivity index (χ4v) is 1.69. The van der Waals surface area contributed by atoms with Gasteiger partial charge in [-0.2, -0.15) is 0 Å². The first-order valence-electron chi connectivity index (χ1n) is 5.77. The van der Waals surface area contributed by atoms with Crippen molar-refractivity contribution in [2.75, 3.05) is 46.6 Å². The molecule has 0 aromatic carbocycles. The van der Waals surface area contributed by atoms with E-state index in [1.54, 1.807) is 0 Å². The maximum absolute atomic E-state index is 11.5. The van der Waals surface area contributed by atoms with Crippen molar-refractivity contribution < 1.29 is 19.0 Å². The molecule has 1 atom stereocenters. The standard InChI is InChI=1S/C11H21NO4/c1-3-6-15-7-4-12-5-8-16-9-10(12)11(13)14-2/h10H,3-9H2,1-2H3. The second-order valence-electron chi connectivity index (χ2n) is 3.76. The normalized spacial score (nSPS) is 22.0. The molecular weight excluding hydrogens is 210 g/mol. The lowest BCUT2D eigenvalue weighted by Crippen LogP contribution is -2.51. The molecule has 16 heavy (non-hydrogen) atoms. The molecule has 5 heteroatoms. The highest BCUT2D eigenvalue weighted by atomic mass is 16.5. The molecule has 1 heterocycles. The van der Waals surface area contributed by atoms with Crippen LogP contribution in [0.1, 0.15) is 13.3 Å². The second-order valence-corrected chi connectivity index (χ2v) is 3.76. The van der Waals surface area contributed by atoms with Gasteiger partial charge in [-0.1, -0.05) is 6.92 Å². The quantitative estimate of drug-likeness (QED) is 0.485. The van der Waals surface area contributed by atoms with E-state index in [9.17, 15) is 4.79 Å². The summed E-state index contributed by atoms with van der Waals surface area (Å²) in [6.07, 6.45) is 1.02. The van der Waals surface area contributed by atoms with Gasteiger partial charge < -0.3 is 14.2 Å². The summed E-state index contributed by atoms with van der Waals surface area (Å²) in [5.41, 5.74) is 0. The van der Waals surface area contributed by atoms with Crippen molar-refractivity contribution in [2.45, 2.75) is 19.4 Å². The molecule has 0 aromatic rings. The Balaban J connectivity index is 2.32. The van der Waals surface area contributed by atoms with Gasteiger partial charge >= 0.3 is 5.97 Å². The summed E-state index contributed by atoms with van der Waals surface area (Å²) >= 11 is 0. The molecule has 5 nitrogen and oxygen atoms in total. The lowest BCUT2D eigenvalue weighted by Gasteiger charge is -2.33. The first kappa shape index (κ1) is 13.4. The molecular formula is C11H21NO4. The summed E-state index contributed by atoms with van der Waals surface area (Å²) < 4.78 is 15.4. The fraction of sp³-hybridized carbons (Fsp3) is 0.909. The van der Waals surface area contributed by atoms with E-state index >= 15 is 0 Å². The van der Waals surface area contributed by atoms with Gasteiger partial charge in [0, 0.05) is 19.7 Å². The zero-order valence-electron chi connectivity index (χ0n) is 10.1. The van der Waals surface area contributed by atoms with Crippen molar-refractivity contribution in [1.29, 1.82) is 0 Å². The van der Waals surface area contributed by atoms with Gasteiger partial charge in [0.25, 0.3) is 0 Å². The minimum atomic E-state index is -0.274. The van der Waals surface area contributed by atoms with Crippen molar-refractivity contribution >= 4 is 5.97 Å². The highest BCUT2D eigenvalue weighted by molar-refractivity contribution is 5.75. The topological polar surface area (TPSA) is 48.0 Å². The van der Waals surface area contributed by atoms with Crippen molar-refractivity contribution in [1.82, 2.24) is 4.90 Å². The van der Waals surface area contributed by atoms with Gasteiger partial charge in [0.2, 0.25) is 0 Å². The zero-order chi connectivity index (χ0) is 11.8. The van der Waals surface area contributed by atoms with E-state index in [0.717, 1.165) is 26.1 Å². The first-order valence-corrected chi connectivity index (χ1v) is 5.77. The Morgan fingerprint density at radius 1 is 1.50 bits per heavy atom. The van der Waals surface area contributed by atoms with E-state index in [-0.39, 0.29) is 12.0 Å². The van der Waals surface area contributed by atoms with E-state index in [1.165, 1.54) is 7.11 Å². The summed E-state index contributed by atoms with van der Waals surface area (Å²) in [7, 11) is 1.41. The highest BCUT2D eigenvalue weighted by Gasteiger charge is 2.29. The average molecular weight is 231 g/mol. The lowest BCUT2D eigenvalue weighted by molar-refractivity contribution is -0.153. The Morgan fingerprint density at radius 2 is 2.31 bits per heavy atom. The number of rotatable bonds is 6. The summed E-state index contributed by atoms with van der Waals surface area (Å²) in [6, 6.07) is -0.274. The van der Waals surface area contributed by atoms with E-state index in [4.69, 9.17) is 14.2 Å². The number of carbonyl (C=O) groups excluding carboxylic acids is 1. The summed E-state index contributed by atoms with van der Waals surface area (Å²) in [5.74, 6) is -0.227. The van der Waals surface area contributed by atoms with Crippen LogP contribution in [0.15, 0.2) is 0 Å². The third-order valence-electron chi connectivity index (χ3n) is 2.58. The van der Waals surface area contributed by atoms with Crippen molar-refractivity contribution in [3.05, 3.63) is 0 Å². The highest BCUT2D eigenvalue weighted by Crippen LogP contribution is 2.08. The van der Waals surface area contributed by atoms with Gasteiger partial charge in [0.05, 0.1) is 26.9 Å². The maximum Gasteiger partial charge on any atom is 0.325 e. The lowest BCUT2D eigenvalue weighted by atomic mass is 10.2. The third-order valence-corrected chi connectivity index (χ3v) is 2.58. The number of hydrogen-bond acceptors (Lipinski definition) is 5. The van der Waals surface area contributed by atoms with Gasteiger partial charge in [-0.3, -0.25) is 9.69 Å². The summed E-state index contributed by atoms with van der Waals surface area (Å²) in [4.78, 5) is 13.5. The molecule has 0 amide bonds. The molecule has 1 rings (SSSR count). The molecule has 0 radical (unpaired) electrons. The van der Waals surface area contributed by atoms with Crippen LogP contribution in [0.2, 0.25) is 0 Å². The molecule has 1 aliphatic heterocycles. The zero-order valence-corrected chi connectivity index (χ0v) is 10.1. The minimum absolute atomic E-state index is 0.227. The van der Waals surface area contributed by atoms with Crippen LogP contribution in [0.5, 0.6) is 0 Å². The van der Waals surface area contributed by atoms with Crippen LogP contribution in [0.3, 0.4) is 0 Å². The fourth-order valence-electron chi connectivity index (χ4n) is 1.69. The van der Waals surface area contributed by atoms with Crippen LogP contribution in [-0.2, 0) is 19.0 Å². The van der Waals surface area contributed by atoms with E-state index in [0.29, 0.717) is 19.8 Å². The number of ether oxygens (including phenoxy) is 3. The van der Waals surface area contributed by atoms with Crippen LogP contribution in [-0.4, -0.2) is 63.5 Å². The predicted molar refractivity (Wildman–Crippen MR) is 59.3 cm³/mol. The van der Waals surface area contributed by atoms with Crippen molar-refractivity contribution in [3.63, 3.8) is 0 Å². The van der Waals surface area contributed by atoms with Gasteiger partial charge in [-0.05, 0) is 6.42 Å². The third kappa shape index (κ3) is 4.08. The first-order chi connectivity index (χ1) is 7.79. The monoisotopic (exact) mass is 231 g/mol. The van der Waals surface area contributed by atoms with Crippen molar-refractivity contribution in [2.24, 2.45) is 0 Å². The molecule has 0 aliphatic carbocycles. The number of morpholine rings is 1. The Morgan fingerprint density at radius 3 is 3.00 bits per heavy atom. The number of hydrogen-bond donors (Lipinski definition) is 0. The molecule has 1 aliphatic rings. The molecule has 1 saturated heterocycles. The second kappa shape index (κ2) is 7.60. The predicted octanol–water partition coefficient (Wildman–Crippen LogP) is 0.287. The van der Waals surface area contributed by atoms with Crippen LogP contribution in [0.25, 0.3) is 0 Å². The maximum atomic E-state index is 11.5. The van der Waals surface area contributed by atoms with Crippen molar-refractivity contribution in [3.8, 4) is 0 Å². The number of methoxy groups -OCH3 is 1. The summed E-state index contributed by atoms with van der Waals surface area (Å²) in [5, 5.41) is 0. The Hall–Kier alpha value is -0.650. The van der Waals surface area contributed by atoms with E-state index in [1.807, 2.05) is 0 Å². The van der Waals surface area contributed by atoms with Gasteiger partial charge in [0.15, 0.2) is 0 Å². The van der Waals surface area contributed by atoms with E-state index in [2.05, 4.69) is 11.8 Å². The molecule has 0 saturated carbocycles. The molecule has 94 valence electrons. The summed E-state index contributed by atoms with van der Waals surface area (Å²) in [6.45, 7) is 6.10. The number of esters is 1. The number of carbonyl (C=O) groups is 1. The van der Waals surface area contributed by atoms with Crippen LogP contribution < -0.4 is 0 Å². The van der Waals surface area contributed by atoms with Gasteiger partial charge in [-0.15, -0.1) is 0 Å². The molecule has 1 fully saturated rings. The molecule has 0 aromatic heterocycles.